The first-order chi connectivity index (χ1) is 7.45. The molecule has 1 aromatic rings. The maximum absolute atomic E-state index is 10.8. The molecule has 0 unspecified atom stereocenters. The second kappa shape index (κ2) is 4.47. The van der Waals surface area contributed by atoms with Crippen LogP contribution in [0.15, 0.2) is 17.3 Å². The van der Waals surface area contributed by atoms with Crippen LogP contribution in [-0.2, 0) is 0 Å². The second-order valence-corrected chi connectivity index (χ2v) is 3.28. The number of aromatic nitrogens is 1. The first-order valence-corrected chi connectivity index (χ1v) is 4.36. The van der Waals surface area contributed by atoms with Gasteiger partial charge in [-0.1, -0.05) is 5.16 Å². The fourth-order valence-corrected chi connectivity index (χ4v) is 1.06. The van der Waals surface area contributed by atoms with Crippen LogP contribution in [0.1, 0.15) is 16.1 Å². The van der Waals surface area contributed by atoms with Gasteiger partial charge in [-0.05, 0) is 12.1 Å². The quantitative estimate of drug-likeness (QED) is 0.287. The van der Waals surface area contributed by atoms with Crippen molar-refractivity contribution in [2.75, 3.05) is 19.0 Å². The molecule has 0 bridgehead atoms. The van der Waals surface area contributed by atoms with Crippen LogP contribution in [0.5, 0.6) is 0 Å². The van der Waals surface area contributed by atoms with Crippen molar-refractivity contribution in [3.05, 3.63) is 23.4 Å². The van der Waals surface area contributed by atoms with Crippen molar-refractivity contribution in [2.24, 2.45) is 10.9 Å². The Balaban J connectivity index is 3.35. The van der Waals surface area contributed by atoms with Crippen LogP contribution >= 0.6 is 0 Å². The summed E-state index contributed by atoms with van der Waals surface area (Å²) in [7, 11) is 3.42. The second-order valence-electron chi connectivity index (χ2n) is 3.28. The fraction of sp³-hybridized carbons (Fsp3) is 0.222. The highest BCUT2D eigenvalue weighted by Crippen LogP contribution is 2.13. The molecule has 0 saturated heterocycles. The van der Waals surface area contributed by atoms with Gasteiger partial charge >= 0.3 is 5.97 Å². The number of carboxylic acid groups (broad SMARTS) is 1. The highest BCUT2D eigenvalue weighted by Gasteiger charge is 2.12. The molecule has 0 saturated carbocycles. The average Bonchev–Trinajstić information content (AvgIpc) is 2.27. The normalized spacial score (nSPS) is 11.2. The fourth-order valence-electron chi connectivity index (χ4n) is 1.06. The monoisotopic (exact) mass is 224 g/mol. The van der Waals surface area contributed by atoms with E-state index in [1.165, 1.54) is 12.1 Å². The van der Waals surface area contributed by atoms with Crippen LogP contribution in [0.2, 0.25) is 0 Å². The average molecular weight is 224 g/mol. The molecule has 0 aromatic carbocycles. The minimum absolute atomic E-state index is 0.159. The number of carboxylic acids is 1. The smallest absolute Gasteiger partial charge is 0.354 e. The van der Waals surface area contributed by atoms with Gasteiger partial charge in [0.15, 0.2) is 11.5 Å². The predicted molar refractivity (Wildman–Crippen MR) is 58.0 cm³/mol. The molecule has 1 heterocycles. The molecule has 0 aliphatic heterocycles. The number of amidine groups is 1. The number of anilines is 1. The lowest BCUT2D eigenvalue weighted by Gasteiger charge is -2.13. The van der Waals surface area contributed by atoms with E-state index in [2.05, 4.69) is 10.1 Å². The third-order valence-corrected chi connectivity index (χ3v) is 1.89. The Morgan fingerprint density at radius 1 is 1.50 bits per heavy atom. The van der Waals surface area contributed by atoms with Crippen molar-refractivity contribution in [1.82, 2.24) is 4.98 Å². The van der Waals surface area contributed by atoms with Gasteiger partial charge in [-0.25, -0.2) is 9.78 Å². The standard InChI is InChI=1S/C9H12N4O3/c1-13(2)7-4-5(8(10)12-16)3-6(11-7)9(14)15/h3-4,16H,1-2H3,(H2,10,12)(H,14,15). The van der Waals surface area contributed by atoms with Crippen LogP contribution < -0.4 is 10.6 Å². The van der Waals surface area contributed by atoms with E-state index in [1.807, 2.05) is 0 Å². The largest absolute Gasteiger partial charge is 0.477 e. The zero-order valence-corrected chi connectivity index (χ0v) is 8.88. The number of hydrogen-bond acceptors (Lipinski definition) is 5. The van der Waals surface area contributed by atoms with E-state index < -0.39 is 5.97 Å². The van der Waals surface area contributed by atoms with E-state index in [1.54, 1.807) is 19.0 Å². The van der Waals surface area contributed by atoms with E-state index in [0.717, 1.165) is 0 Å². The highest BCUT2D eigenvalue weighted by atomic mass is 16.4. The predicted octanol–water partition coefficient (Wildman–Crippen LogP) is -0.0597. The summed E-state index contributed by atoms with van der Waals surface area (Å²) < 4.78 is 0. The Hall–Kier alpha value is -2.31. The number of oxime groups is 1. The Kier molecular flexibility index (Phi) is 3.29. The number of nitrogens with zero attached hydrogens (tertiary/aromatic N) is 3. The molecule has 16 heavy (non-hydrogen) atoms. The molecule has 0 amide bonds. The number of rotatable bonds is 3. The molecule has 0 spiro atoms. The first-order valence-electron chi connectivity index (χ1n) is 4.36. The number of aromatic carboxylic acids is 1. The number of nitrogens with two attached hydrogens (primary N) is 1. The van der Waals surface area contributed by atoms with Gasteiger partial charge in [-0.2, -0.15) is 0 Å². The molecule has 7 nitrogen and oxygen atoms in total. The third kappa shape index (κ3) is 2.38. The first kappa shape index (κ1) is 11.8. The Labute approximate surface area is 91.8 Å². The van der Waals surface area contributed by atoms with Crippen molar-refractivity contribution in [3.63, 3.8) is 0 Å². The van der Waals surface area contributed by atoms with Gasteiger partial charge in [0.05, 0.1) is 0 Å². The van der Waals surface area contributed by atoms with Crippen molar-refractivity contribution in [2.45, 2.75) is 0 Å². The lowest BCUT2D eigenvalue weighted by Crippen LogP contribution is -2.18. The molecule has 1 rings (SSSR count). The third-order valence-electron chi connectivity index (χ3n) is 1.89. The Bertz CT molecular complexity index is 442. The van der Waals surface area contributed by atoms with E-state index in [-0.39, 0.29) is 11.5 Å². The molecule has 0 atom stereocenters. The Morgan fingerprint density at radius 3 is 2.56 bits per heavy atom. The number of hydrogen-bond donors (Lipinski definition) is 3. The summed E-state index contributed by atoms with van der Waals surface area (Å²) in [6.45, 7) is 0. The van der Waals surface area contributed by atoms with Gasteiger partial charge in [0, 0.05) is 19.7 Å². The number of pyridine rings is 1. The lowest BCUT2D eigenvalue weighted by atomic mass is 10.2. The van der Waals surface area contributed by atoms with Gasteiger partial charge in [-0.3, -0.25) is 0 Å². The van der Waals surface area contributed by atoms with E-state index in [4.69, 9.17) is 16.0 Å². The van der Waals surface area contributed by atoms with E-state index in [9.17, 15) is 4.79 Å². The van der Waals surface area contributed by atoms with Crippen LogP contribution in [0.25, 0.3) is 0 Å². The van der Waals surface area contributed by atoms with Gasteiger partial charge in [0.25, 0.3) is 0 Å². The molecule has 0 aliphatic carbocycles. The summed E-state index contributed by atoms with van der Waals surface area (Å²) >= 11 is 0. The molecule has 86 valence electrons. The zero-order chi connectivity index (χ0) is 12.3. The molecule has 0 radical (unpaired) electrons. The maximum Gasteiger partial charge on any atom is 0.354 e. The topological polar surface area (TPSA) is 112 Å². The van der Waals surface area contributed by atoms with E-state index in [0.29, 0.717) is 11.4 Å². The van der Waals surface area contributed by atoms with E-state index >= 15 is 0 Å². The van der Waals surface area contributed by atoms with Gasteiger partial charge in [0.2, 0.25) is 0 Å². The summed E-state index contributed by atoms with van der Waals surface area (Å²) in [5.74, 6) is -0.912. The SMILES string of the molecule is CN(C)c1cc(/C(N)=N/O)cc(C(=O)O)n1. The maximum atomic E-state index is 10.8. The van der Waals surface area contributed by atoms with Gasteiger partial charge in [0.1, 0.15) is 5.82 Å². The van der Waals surface area contributed by atoms with Crippen LogP contribution in [0.4, 0.5) is 5.82 Å². The zero-order valence-electron chi connectivity index (χ0n) is 8.88. The molecule has 1 aromatic heterocycles. The van der Waals surface area contributed by atoms with Crippen LogP contribution in [0, 0.1) is 0 Å². The summed E-state index contributed by atoms with van der Waals surface area (Å²) in [6, 6.07) is 2.77. The van der Waals surface area contributed by atoms with Crippen molar-refractivity contribution in [1.29, 1.82) is 0 Å². The van der Waals surface area contributed by atoms with Crippen molar-refractivity contribution in [3.8, 4) is 0 Å². The molecule has 4 N–H and O–H groups in total. The highest BCUT2D eigenvalue weighted by molar-refractivity contribution is 5.99. The van der Waals surface area contributed by atoms with Gasteiger partial charge in [-0.15, -0.1) is 0 Å². The lowest BCUT2D eigenvalue weighted by molar-refractivity contribution is 0.0690. The van der Waals surface area contributed by atoms with Crippen LogP contribution in [0.3, 0.4) is 0 Å². The van der Waals surface area contributed by atoms with Crippen molar-refractivity contribution < 1.29 is 15.1 Å². The minimum atomic E-state index is -1.17. The summed E-state index contributed by atoms with van der Waals surface area (Å²) in [5, 5.41) is 20.2. The summed E-state index contributed by atoms with van der Waals surface area (Å²) in [5.41, 5.74) is 5.54. The summed E-state index contributed by atoms with van der Waals surface area (Å²) in [6.07, 6.45) is 0. The van der Waals surface area contributed by atoms with Crippen LogP contribution in [-0.4, -0.2) is 41.2 Å². The molecule has 7 heteroatoms. The Morgan fingerprint density at radius 2 is 2.12 bits per heavy atom. The summed E-state index contributed by atoms with van der Waals surface area (Å²) in [4.78, 5) is 16.3. The minimum Gasteiger partial charge on any atom is -0.477 e. The molecular formula is C9H12N4O3. The molecule has 0 fully saturated rings. The van der Waals surface area contributed by atoms with Gasteiger partial charge < -0.3 is 20.9 Å². The number of carbonyl (C=O) groups is 1. The molecular weight excluding hydrogens is 212 g/mol. The van der Waals surface area contributed by atoms with Crippen molar-refractivity contribution >= 4 is 17.6 Å². The molecule has 0 aliphatic rings.